The highest BCUT2D eigenvalue weighted by Crippen LogP contribution is 2.48. The molecule has 0 spiro atoms. The number of hydrogen-bond acceptors (Lipinski definition) is 8. The first-order chi connectivity index (χ1) is 16.7. The second kappa shape index (κ2) is 7.09. The van der Waals surface area contributed by atoms with Crippen molar-refractivity contribution in [2.45, 2.75) is 5.92 Å². The average molecular weight is 514 g/mol. The highest BCUT2D eigenvalue weighted by atomic mass is 79.9. The normalized spacial score (nSPS) is 14.7. The molecule has 1 aromatic carbocycles. The molecule has 9 nitrogen and oxygen atoms in total. The fraction of sp³-hybridized carbons (Fsp3) is 0.0417. The largest absolute Gasteiger partial charge is 0.446 e. The summed E-state index contributed by atoms with van der Waals surface area (Å²) in [6, 6.07) is 16.3. The minimum atomic E-state index is -0.627. The van der Waals surface area contributed by atoms with Crippen LogP contribution in [0.5, 0.6) is 11.6 Å². The molecule has 164 valence electrons. The molecule has 6 heterocycles. The summed E-state index contributed by atoms with van der Waals surface area (Å²) in [5.41, 5.74) is 1.94. The highest BCUT2D eigenvalue weighted by Gasteiger charge is 2.38. The van der Waals surface area contributed by atoms with Crippen LogP contribution < -0.4 is 10.4 Å². The van der Waals surface area contributed by atoms with Crippen LogP contribution in [0.25, 0.3) is 28.2 Å². The first-order valence-electron chi connectivity index (χ1n) is 10.3. The van der Waals surface area contributed by atoms with Gasteiger partial charge in [0.15, 0.2) is 21.8 Å². The van der Waals surface area contributed by atoms with Crippen LogP contribution in [0.4, 0.5) is 0 Å². The molecule has 1 atom stereocenters. The number of halogens is 1. The van der Waals surface area contributed by atoms with Gasteiger partial charge in [-0.1, -0.05) is 18.2 Å². The molecule has 34 heavy (non-hydrogen) atoms. The molecule has 7 rings (SSSR count). The lowest BCUT2D eigenvalue weighted by atomic mass is 9.87. The van der Waals surface area contributed by atoms with Crippen LogP contribution in [0.15, 0.2) is 85.4 Å². The molecule has 0 bridgehead atoms. The van der Waals surface area contributed by atoms with Crippen molar-refractivity contribution in [3.63, 3.8) is 0 Å². The standard InChI is InChI=1S/C24H12BrN5O4/c25-16-9-8-15(32-16)21-28-22-19-17(13-6-3-4-10-26-13)18-20(34-23(19)27-11-30(22)29-21)12-5-1-2-7-14(12)33-24(18)31/h1-11,17H. The Morgan fingerprint density at radius 1 is 0.941 bits per heavy atom. The lowest BCUT2D eigenvalue weighted by molar-refractivity contribution is 0.421. The number of benzene rings is 1. The summed E-state index contributed by atoms with van der Waals surface area (Å²) < 4.78 is 19.6. The molecule has 0 saturated carbocycles. The quantitative estimate of drug-likeness (QED) is 0.299. The Hall–Kier alpha value is -4.31. The number of hydrogen-bond donors (Lipinski definition) is 0. The van der Waals surface area contributed by atoms with E-state index in [0.29, 0.717) is 61.3 Å². The summed E-state index contributed by atoms with van der Waals surface area (Å²) in [5, 5.41) is 5.19. The predicted octanol–water partition coefficient (Wildman–Crippen LogP) is 4.93. The van der Waals surface area contributed by atoms with Gasteiger partial charge in [0.05, 0.1) is 28.1 Å². The van der Waals surface area contributed by atoms with E-state index in [0.717, 1.165) is 0 Å². The van der Waals surface area contributed by atoms with Crippen molar-refractivity contribution in [2.24, 2.45) is 0 Å². The average Bonchev–Trinajstić information content (AvgIpc) is 3.49. The Morgan fingerprint density at radius 2 is 1.82 bits per heavy atom. The molecule has 0 amide bonds. The number of aromatic nitrogens is 5. The maximum absolute atomic E-state index is 13.3. The van der Waals surface area contributed by atoms with Crippen molar-refractivity contribution < 1.29 is 13.6 Å². The third kappa shape index (κ3) is 2.75. The molecular weight excluding hydrogens is 502 g/mol. The predicted molar refractivity (Wildman–Crippen MR) is 124 cm³/mol. The van der Waals surface area contributed by atoms with E-state index in [-0.39, 0.29) is 0 Å². The molecule has 10 heteroatoms. The van der Waals surface area contributed by atoms with Crippen LogP contribution in [0.3, 0.4) is 0 Å². The lowest BCUT2D eigenvalue weighted by Crippen LogP contribution is -2.23. The van der Waals surface area contributed by atoms with Crippen LogP contribution in [0.1, 0.15) is 22.7 Å². The lowest BCUT2D eigenvalue weighted by Gasteiger charge is -2.26. The number of furan rings is 1. The van der Waals surface area contributed by atoms with Gasteiger partial charge in [-0.25, -0.2) is 19.3 Å². The Labute approximate surface area is 198 Å². The van der Waals surface area contributed by atoms with E-state index in [4.69, 9.17) is 18.6 Å². The fourth-order valence-corrected chi connectivity index (χ4v) is 4.62. The van der Waals surface area contributed by atoms with E-state index >= 15 is 0 Å². The number of ether oxygens (including phenoxy) is 1. The molecule has 0 radical (unpaired) electrons. The zero-order valence-corrected chi connectivity index (χ0v) is 18.8. The minimum absolute atomic E-state index is 0.325. The Morgan fingerprint density at radius 3 is 2.65 bits per heavy atom. The first kappa shape index (κ1) is 19.2. The van der Waals surface area contributed by atoms with Gasteiger partial charge in [0, 0.05) is 6.20 Å². The monoisotopic (exact) mass is 513 g/mol. The van der Waals surface area contributed by atoms with Gasteiger partial charge in [-0.2, -0.15) is 0 Å². The number of pyridine rings is 1. The van der Waals surface area contributed by atoms with Gasteiger partial charge in [0.1, 0.15) is 11.9 Å². The van der Waals surface area contributed by atoms with Gasteiger partial charge in [-0.3, -0.25) is 4.98 Å². The van der Waals surface area contributed by atoms with Crippen LogP contribution in [0, 0.1) is 0 Å². The molecule has 0 N–H and O–H groups in total. The van der Waals surface area contributed by atoms with Crippen LogP contribution in [-0.4, -0.2) is 24.6 Å². The summed E-state index contributed by atoms with van der Waals surface area (Å²) in [7, 11) is 0. The van der Waals surface area contributed by atoms with E-state index < -0.39 is 11.5 Å². The summed E-state index contributed by atoms with van der Waals surface area (Å²) in [4.78, 5) is 27.0. The van der Waals surface area contributed by atoms with Crippen molar-refractivity contribution in [1.82, 2.24) is 24.6 Å². The van der Waals surface area contributed by atoms with Crippen molar-refractivity contribution in [1.29, 1.82) is 0 Å². The number of rotatable bonds is 2. The van der Waals surface area contributed by atoms with E-state index in [2.05, 4.69) is 31.0 Å². The van der Waals surface area contributed by atoms with Crippen LogP contribution in [0.2, 0.25) is 0 Å². The molecule has 0 aliphatic carbocycles. The number of nitrogens with zero attached hydrogens (tertiary/aromatic N) is 5. The Bertz CT molecular complexity index is 1790. The third-order valence-electron chi connectivity index (χ3n) is 5.74. The van der Waals surface area contributed by atoms with Gasteiger partial charge in [-0.05, 0) is 52.3 Å². The van der Waals surface area contributed by atoms with Gasteiger partial charge in [0.2, 0.25) is 11.7 Å². The summed E-state index contributed by atoms with van der Waals surface area (Å²) in [5.74, 6) is 0.961. The van der Waals surface area contributed by atoms with Crippen molar-refractivity contribution >= 4 is 32.5 Å². The zero-order chi connectivity index (χ0) is 22.8. The van der Waals surface area contributed by atoms with Gasteiger partial charge in [0.25, 0.3) is 0 Å². The SMILES string of the molecule is O=c1oc2ccccc2c2c1C(c1ccccn1)c1c(ncn3nc(-c4ccc(Br)o4)nc13)O2. The molecule has 1 aliphatic rings. The van der Waals surface area contributed by atoms with Gasteiger partial charge >= 0.3 is 5.63 Å². The zero-order valence-electron chi connectivity index (χ0n) is 17.2. The highest BCUT2D eigenvalue weighted by molar-refractivity contribution is 9.10. The second-order valence-corrected chi connectivity index (χ2v) is 8.47. The van der Waals surface area contributed by atoms with Gasteiger partial charge in [-0.15, -0.1) is 5.10 Å². The Kier molecular flexibility index (Phi) is 4.00. The van der Waals surface area contributed by atoms with Crippen LogP contribution >= 0.6 is 15.9 Å². The smallest absolute Gasteiger partial charge is 0.344 e. The van der Waals surface area contributed by atoms with Crippen LogP contribution in [-0.2, 0) is 0 Å². The summed E-state index contributed by atoms with van der Waals surface area (Å²) in [6.45, 7) is 0. The van der Waals surface area contributed by atoms with Gasteiger partial charge < -0.3 is 13.6 Å². The topological polar surface area (TPSA) is 109 Å². The minimum Gasteiger partial charge on any atom is -0.446 e. The maximum Gasteiger partial charge on any atom is 0.344 e. The summed E-state index contributed by atoms with van der Waals surface area (Å²) in [6.07, 6.45) is 3.20. The van der Waals surface area contributed by atoms with Crippen molar-refractivity contribution in [2.75, 3.05) is 0 Å². The van der Waals surface area contributed by atoms with Crippen molar-refractivity contribution in [3.8, 4) is 23.2 Å². The molecular formula is C24H12BrN5O4. The van der Waals surface area contributed by atoms with Crippen molar-refractivity contribution in [3.05, 3.63) is 99.0 Å². The van der Waals surface area contributed by atoms with E-state index in [1.807, 2.05) is 30.3 Å². The number of para-hydroxylation sites is 1. The first-order valence-corrected chi connectivity index (χ1v) is 11.1. The molecule has 5 aromatic heterocycles. The molecule has 0 fully saturated rings. The third-order valence-corrected chi connectivity index (χ3v) is 6.17. The molecule has 6 aromatic rings. The summed E-state index contributed by atoms with van der Waals surface area (Å²) >= 11 is 3.30. The van der Waals surface area contributed by atoms with E-state index in [1.165, 1.54) is 10.8 Å². The Balaban J connectivity index is 1.56. The number of fused-ring (bicyclic) bond motifs is 6. The fourth-order valence-electron chi connectivity index (χ4n) is 4.31. The molecule has 1 unspecified atom stereocenters. The molecule has 0 saturated heterocycles. The van der Waals surface area contributed by atoms with E-state index in [1.54, 1.807) is 30.5 Å². The molecule has 1 aliphatic heterocycles. The second-order valence-electron chi connectivity index (χ2n) is 7.69. The maximum atomic E-state index is 13.3. The van der Waals surface area contributed by atoms with E-state index in [9.17, 15) is 4.79 Å².